The van der Waals surface area contributed by atoms with E-state index in [1.54, 1.807) is 6.07 Å². The molecule has 0 bridgehead atoms. The molecule has 0 spiro atoms. The molecule has 5 heteroatoms. The molecule has 100 valence electrons. The van der Waals surface area contributed by atoms with Crippen LogP contribution in [0.15, 0.2) is 33.2 Å². The topological polar surface area (TPSA) is 54.3 Å². The summed E-state index contributed by atoms with van der Waals surface area (Å²) in [6.45, 7) is 1.86. The second kappa shape index (κ2) is 5.35. The zero-order chi connectivity index (χ0) is 13.2. The number of nitrogens with one attached hydrogen (secondary N) is 2. The minimum Gasteiger partial charge on any atom is -0.451 e. The molecule has 0 saturated carbocycles. The predicted octanol–water partition coefficient (Wildman–Crippen LogP) is 2.68. The number of furan rings is 1. The van der Waals surface area contributed by atoms with E-state index in [1.807, 2.05) is 18.2 Å². The molecule has 2 N–H and O–H groups in total. The van der Waals surface area contributed by atoms with Gasteiger partial charge in [-0.15, -0.1) is 0 Å². The zero-order valence-corrected chi connectivity index (χ0v) is 12.0. The van der Waals surface area contributed by atoms with Gasteiger partial charge in [0.2, 0.25) is 0 Å². The quantitative estimate of drug-likeness (QED) is 0.893. The second-order valence-corrected chi connectivity index (χ2v) is 5.63. The molecule has 1 fully saturated rings. The van der Waals surface area contributed by atoms with Crippen molar-refractivity contribution in [2.24, 2.45) is 0 Å². The summed E-state index contributed by atoms with van der Waals surface area (Å²) in [5, 5.41) is 7.20. The van der Waals surface area contributed by atoms with Crippen LogP contribution in [0.4, 0.5) is 0 Å². The molecular weight excluding hydrogens is 308 g/mol. The number of fused-ring (bicyclic) bond motifs is 1. The molecule has 1 atom stereocenters. The van der Waals surface area contributed by atoms with E-state index in [1.165, 1.54) is 0 Å². The van der Waals surface area contributed by atoms with Crippen LogP contribution in [0.1, 0.15) is 23.4 Å². The summed E-state index contributed by atoms with van der Waals surface area (Å²) >= 11 is 3.46. The third-order valence-electron chi connectivity index (χ3n) is 3.36. The van der Waals surface area contributed by atoms with E-state index < -0.39 is 0 Å². The molecule has 2 aromatic rings. The fourth-order valence-corrected chi connectivity index (χ4v) is 2.83. The summed E-state index contributed by atoms with van der Waals surface area (Å²) < 4.78 is 6.53. The first-order valence-electron chi connectivity index (χ1n) is 6.44. The van der Waals surface area contributed by atoms with Gasteiger partial charge in [-0.2, -0.15) is 0 Å². The number of rotatable bonds is 2. The van der Waals surface area contributed by atoms with Crippen LogP contribution in [0, 0.1) is 0 Å². The van der Waals surface area contributed by atoms with Crippen molar-refractivity contribution in [3.63, 3.8) is 0 Å². The van der Waals surface area contributed by atoms with E-state index >= 15 is 0 Å². The first-order chi connectivity index (χ1) is 9.24. The van der Waals surface area contributed by atoms with Crippen molar-refractivity contribution in [3.8, 4) is 0 Å². The lowest BCUT2D eigenvalue weighted by molar-refractivity contribution is 0.0905. The minimum absolute atomic E-state index is 0.142. The van der Waals surface area contributed by atoms with Crippen LogP contribution in [0.2, 0.25) is 0 Å². The highest BCUT2D eigenvalue weighted by molar-refractivity contribution is 9.10. The van der Waals surface area contributed by atoms with Gasteiger partial charge in [-0.1, -0.05) is 22.0 Å². The van der Waals surface area contributed by atoms with Crippen LogP contribution in [0.25, 0.3) is 11.0 Å². The van der Waals surface area contributed by atoms with Gasteiger partial charge in [0.25, 0.3) is 5.91 Å². The lowest BCUT2D eigenvalue weighted by Crippen LogP contribution is -2.45. The van der Waals surface area contributed by atoms with Crippen LogP contribution in [0.5, 0.6) is 0 Å². The molecule has 1 aliphatic rings. The third-order valence-corrected chi connectivity index (χ3v) is 4.06. The van der Waals surface area contributed by atoms with Crippen molar-refractivity contribution in [1.29, 1.82) is 0 Å². The van der Waals surface area contributed by atoms with Crippen LogP contribution in [0.3, 0.4) is 0 Å². The molecule has 1 unspecified atom stereocenters. The van der Waals surface area contributed by atoms with E-state index in [9.17, 15) is 4.79 Å². The van der Waals surface area contributed by atoms with Crippen LogP contribution < -0.4 is 10.6 Å². The number of amides is 1. The van der Waals surface area contributed by atoms with E-state index in [0.717, 1.165) is 41.4 Å². The summed E-state index contributed by atoms with van der Waals surface area (Å²) in [4.78, 5) is 12.1. The Labute approximate surface area is 119 Å². The summed E-state index contributed by atoms with van der Waals surface area (Å²) in [7, 11) is 0. The van der Waals surface area contributed by atoms with E-state index in [2.05, 4.69) is 26.6 Å². The Morgan fingerprint density at radius 1 is 1.47 bits per heavy atom. The van der Waals surface area contributed by atoms with Crippen molar-refractivity contribution in [2.75, 3.05) is 13.1 Å². The fourth-order valence-electron chi connectivity index (χ4n) is 2.37. The third kappa shape index (κ3) is 2.67. The van der Waals surface area contributed by atoms with Crippen molar-refractivity contribution in [2.45, 2.75) is 18.9 Å². The lowest BCUT2D eigenvalue weighted by Gasteiger charge is -2.23. The minimum atomic E-state index is -0.142. The highest BCUT2D eigenvalue weighted by Crippen LogP contribution is 2.26. The molecule has 0 aliphatic carbocycles. The van der Waals surface area contributed by atoms with Gasteiger partial charge in [-0.25, -0.2) is 0 Å². The molecule has 1 aliphatic heterocycles. The average molecular weight is 323 g/mol. The van der Waals surface area contributed by atoms with E-state index in [-0.39, 0.29) is 11.9 Å². The Kier molecular flexibility index (Phi) is 3.57. The Balaban J connectivity index is 1.79. The highest BCUT2D eigenvalue weighted by Gasteiger charge is 2.19. The number of benzene rings is 1. The number of piperidine rings is 1. The smallest absolute Gasteiger partial charge is 0.287 e. The van der Waals surface area contributed by atoms with Gasteiger partial charge in [0.15, 0.2) is 5.76 Å². The van der Waals surface area contributed by atoms with Gasteiger partial charge in [0, 0.05) is 22.4 Å². The maximum Gasteiger partial charge on any atom is 0.287 e. The molecular formula is C14H15BrN2O2. The van der Waals surface area contributed by atoms with Gasteiger partial charge in [-0.3, -0.25) is 4.79 Å². The van der Waals surface area contributed by atoms with Crippen molar-refractivity contribution in [1.82, 2.24) is 10.6 Å². The molecule has 4 nitrogen and oxygen atoms in total. The first kappa shape index (κ1) is 12.7. The van der Waals surface area contributed by atoms with Gasteiger partial charge in [-0.05, 0) is 37.6 Å². The molecule has 2 heterocycles. The number of hydrogen-bond acceptors (Lipinski definition) is 3. The predicted molar refractivity (Wildman–Crippen MR) is 77.3 cm³/mol. The maximum atomic E-state index is 12.1. The SMILES string of the molecule is O=C(NC1CCCNC1)c1cc2c(Br)cccc2o1. The number of halogens is 1. The highest BCUT2D eigenvalue weighted by atomic mass is 79.9. The lowest BCUT2D eigenvalue weighted by atomic mass is 10.1. The van der Waals surface area contributed by atoms with Gasteiger partial charge in [0.1, 0.15) is 5.58 Å². The summed E-state index contributed by atoms with van der Waals surface area (Å²) in [5.41, 5.74) is 0.723. The van der Waals surface area contributed by atoms with Gasteiger partial charge < -0.3 is 15.1 Å². The molecule has 1 amide bonds. The standard InChI is InChI=1S/C14H15BrN2O2/c15-11-4-1-5-12-10(11)7-13(19-12)14(18)17-9-3-2-6-16-8-9/h1,4-5,7,9,16H,2-3,6,8H2,(H,17,18). The van der Waals surface area contributed by atoms with Crippen molar-refractivity contribution < 1.29 is 9.21 Å². The molecule has 1 aromatic carbocycles. The molecule has 3 rings (SSSR count). The Bertz CT molecular complexity index is 603. The normalized spacial score (nSPS) is 19.5. The summed E-state index contributed by atoms with van der Waals surface area (Å²) in [6, 6.07) is 7.66. The molecule has 19 heavy (non-hydrogen) atoms. The van der Waals surface area contributed by atoms with E-state index in [0.29, 0.717) is 5.76 Å². The Hall–Kier alpha value is -1.33. The number of carbonyl (C=O) groups is 1. The average Bonchev–Trinajstić information content (AvgIpc) is 2.85. The zero-order valence-electron chi connectivity index (χ0n) is 10.4. The number of hydrogen-bond donors (Lipinski definition) is 2. The van der Waals surface area contributed by atoms with Crippen LogP contribution in [-0.2, 0) is 0 Å². The maximum absolute atomic E-state index is 12.1. The second-order valence-electron chi connectivity index (χ2n) is 4.78. The Morgan fingerprint density at radius 3 is 3.11 bits per heavy atom. The van der Waals surface area contributed by atoms with Gasteiger partial charge in [0.05, 0.1) is 0 Å². The van der Waals surface area contributed by atoms with Gasteiger partial charge >= 0.3 is 0 Å². The monoisotopic (exact) mass is 322 g/mol. The number of carbonyl (C=O) groups excluding carboxylic acids is 1. The molecule has 0 radical (unpaired) electrons. The fraction of sp³-hybridized carbons (Fsp3) is 0.357. The molecule has 1 saturated heterocycles. The Morgan fingerprint density at radius 2 is 2.37 bits per heavy atom. The summed E-state index contributed by atoms with van der Waals surface area (Å²) in [5.74, 6) is 0.226. The largest absolute Gasteiger partial charge is 0.451 e. The summed E-state index contributed by atoms with van der Waals surface area (Å²) in [6.07, 6.45) is 2.11. The van der Waals surface area contributed by atoms with Crippen LogP contribution >= 0.6 is 15.9 Å². The van der Waals surface area contributed by atoms with Crippen LogP contribution in [-0.4, -0.2) is 25.0 Å². The van der Waals surface area contributed by atoms with Crippen molar-refractivity contribution in [3.05, 3.63) is 34.5 Å². The molecule has 1 aromatic heterocycles. The van der Waals surface area contributed by atoms with Crippen molar-refractivity contribution >= 4 is 32.8 Å². The van der Waals surface area contributed by atoms with E-state index in [4.69, 9.17) is 4.42 Å². The first-order valence-corrected chi connectivity index (χ1v) is 7.23.